The predicted octanol–water partition coefficient (Wildman–Crippen LogP) is 1.86. The molecule has 0 atom stereocenters. The lowest BCUT2D eigenvalue weighted by Crippen LogP contribution is -2.26. The minimum absolute atomic E-state index is 0.0355. The zero-order valence-corrected chi connectivity index (χ0v) is 10.5. The Morgan fingerprint density at radius 3 is 2.79 bits per heavy atom. The molecule has 1 amide bonds. The Balaban J connectivity index is 2.80. The molecule has 0 aliphatic rings. The van der Waals surface area contributed by atoms with Crippen LogP contribution in [0.1, 0.15) is 21.7 Å². The van der Waals surface area contributed by atoms with Crippen molar-refractivity contribution in [1.82, 2.24) is 10.3 Å². The first kappa shape index (κ1) is 11.4. The summed E-state index contributed by atoms with van der Waals surface area (Å²) in [5.74, 6) is -0.0355. The molecule has 3 nitrogen and oxygen atoms in total. The summed E-state index contributed by atoms with van der Waals surface area (Å²) in [5.41, 5.74) is 2.39. The molecule has 1 heterocycles. The molecule has 0 aliphatic heterocycles. The van der Waals surface area contributed by atoms with Gasteiger partial charge in [-0.05, 0) is 26.0 Å². The van der Waals surface area contributed by atoms with E-state index >= 15 is 0 Å². The van der Waals surface area contributed by atoms with Crippen molar-refractivity contribution in [3.8, 4) is 0 Å². The third-order valence-corrected chi connectivity index (χ3v) is 2.39. The Hall–Kier alpha value is -0.650. The summed E-state index contributed by atoms with van der Waals surface area (Å²) < 4.78 is 0.918. The lowest BCUT2D eigenvalue weighted by molar-refractivity contribution is 0.0955. The molecule has 0 bridgehead atoms. The van der Waals surface area contributed by atoms with E-state index in [9.17, 15) is 4.79 Å². The lowest BCUT2D eigenvalue weighted by Gasteiger charge is -2.06. The maximum atomic E-state index is 11.6. The quantitative estimate of drug-likeness (QED) is 0.684. The molecule has 1 N–H and O–H groups in total. The van der Waals surface area contributed by atoms with E-state index in [-0.39, 0.29) is 5.91 Å². The van der Waals surface area contributed by atoms with Gasteiger partial charge in [0.2, 0.25) is 0 Å². The number of nitrogens with zero attached hydrogens (tertiary/aromatic N) is 1. The molecule has 1 rings (SSSR count). The van der Waals surface area contributed by atoms with Crippen molar-refractivity contribution in [2.45, 2.75) is 13.8 Å². The summed E-state index contributed by atoms with van der Waals surface area (Å²) in [6.07, 6.45) is 0. The van der Waals surface area contributed by atoms with Gasteiger partial charge in [-0.1, -0.05) is 22.6 Å². The Kier molecular flexibility index (Phi) is 4.31. The molecule has 0 aliphatic carbocycles. The third-order valence-electron chi connectivity index (χ3n) is 1.85. The zero-order chi connectivity index (χ0) is 10.6. The topological polar surface area (TPSA) is 42.0 Å². The van der Waals surface area contributed by atoms with Crippen LogP contribution in [0.25, 0.3) is 0 Å². The number of carbonyl (C=O) groups is 1. The molecule has 1 aromatic rings. The average molecular weight is 304 g/mol. The number of halogens is 1. The minimum atomic E-state index is -0.0355. The first-order chi connectivity index (χ1) is 6.65. The van der Waals surface area contributed by atoms with Crippen molar-refractivity contribution in [3.05, 3.63) is 29.1 Å². The van der Waals surface area contributed by atoms with Gasteiger partial charge in [-0.25, -0.2) is 0 Å². The molecule has 0 unspecified atom stereocenters. The summed E-state index contributed by atoms with van der Waals surface area (Å²) in [6.45, 7) is 4.47. The van der Waals surface area contributed by atoms with Gasteiger partial charge >= 0.3 is 0 Å². The number of rotatable bonds is 3. The van der Waals surface area contributed by atoms with Crippen LogP contribution in [0.4, 0.5) is 0 Å². The van der Waals surface area contributed by atoms with Crippen LogP contribution in [-0.2, 0) is 0 Å². The molecule has 14 heavy (non-hydrogen) atoms. The van der Waals surface area contributed by atoms with Gasteiger partial charge in [0.05, 0.1) is 11.3 Å². The van der Waals surface area contributed by atoms with Gasteiger partial charge in [0, 0.05) is 16.7 Å². The number of pyridine rings is 1. The second-order valence-corrected chi connectivity index (χ2v) is 4.11. The van der Waals surface area contributed by atoms with Gasteiger partial charge < -0.3 is 5.32 Å². The van der Waals surface area contributed by atoms with Crippen molar-refractivity contribution in [2.75, 3.05) is 11.0 Å². The summed E-state index contributed by atoms with van der Waals surface area (Å²) in [6, 6.07) is 3.67. The van der Waals surface area contributed by atoms with Gasteiger partial charge in [-0.3, -0.25) is 9.78 Å². The number of hydrogen-bond donors (Lipinski definition) is 1. The molecule has 0 aromatic carbocycles. The maximum Gasteiger partial charge on any atom is 0.253 e. The fourth-order valence-electron chi connectivity index (χ4n) is 1.18. The van der Waals surface area contributed by atoms with E-state index in [1.807, 2.05) is 26.0 Å². The Morgan fingerprint density at radius 2 is 2.21 bits per heavy atom. The minimum Gasteiger partial charge on any atom is -0.351 e. The molecule has 0 spiro atoms. The smallest absolute Gasteiger partial charge is 0.253 e. The van der Waals surface area contributed by atoms with Crippen molar-refractivity contribution in [1.29, 1.82) is 0 Å². The molecule has 0 saturated heterocycles. The standard InChI is InChI=1S/C10H13IN2O/c1-7-3-4-9(8(2)13-7)10(14)12-6-5-11/h3-4H,5-6H2,1-2H3,(H,12,14). The highest BCUT2D eigenvalue weighted by molar-refractivity contribution is 14.1. The summed E-state index contributed by atoms with van der Waals surface area (Å²) in [4.78, 5) is 15.8. The van der Waals surface area contributed by atoms with Crippen LogP contribution in [-0.4, -0.2) is 21.9 Å². The van der Waals surface area contributed by atoms with Crippen LogP contribution in [0.3, 0.4) is 0 Å². The van der Waals surface area contributed by atoms with Crippen molar-refractivity contribution in [3.63, 3.8) is 0 Å². The first-order valence-electron chi connectivity index (χ1n) is 4.43. The highest BCUT2D eigenvalue weighted by Gasteiger charge is 2.08. The van der Waals surface area contributed by atoms with E-state index in [2.05, 4.69) is 32.9 Å². The van der Waals surface area contributed by atoms with Crippen molar-refractivity contribution < 1.29 is 4.79 Å². The number of aromatic nitrogens is 1. The largest absolute Gasteiger partial charge is 0.351 e. The predicted molar refractivity (Wildman–Crippen MR) is 64.9 cm³/mol. The highest BCUT2D eigenvalue weighted by Crippen LogP contribution is 2.05. The Bertz CT molecular complexity index is 339. The van der Waals surface area contributed by atoms with E-state index < -0.39 is 0 Å². The van der Waals surface area contributed by atoms with E-state index in [4.69, 9.17) is 0 Å². The fourth-order valence-corrected chi connectivity index (χ4v) is 1.45. The first-order valence-corrected chi connectivity index (χ1v) is 5.96. The Labute approximate surface area is 97.4 Å². The van der Waals surface area contributed by atoms with E-state index in [0.29, 0.717) is 12.1 Å². The second kappa shape index (κ2) is 5.29. The molecule has 1 aromatic heterocycles. The normalized spacial score (nSPS) is 9.93. The van der Waals surface area contributed by atoms with Gasteiger partial charge in [-0.2, -0.15) is 0 Å². The fraction of sp³-hybridized carbons (Fsp3) is 0.400. The summed E-state index contributed by atoms with van der Waals surface area (Å²) in [5, 5.41) is 2.82. The van der Waals surface area contributed by atoms with E-state index in [1.54, 1.807) is 0 Å². The van der Waals surface area contributed by atoms with Crippen LogP contribution < -0.4 is 5.32 Å². The molecule has 0 saturated carbocycles. The lowest BCUT2D eigenvalue weighted by atomic mass is 10.2. The van der Waals surface area contributed by atoms with E-state index in [1.165, 1.54) is 0 Å². The number of amides is 1. The van der Waals surface area contributed by atoms with Crippen molar-refractivity contribution in [2.24, 2.45) is 0 Å². The number of aryl methyl sites for hydroxylation is 2. The monoisotopic (exact) mass is 304 g/mol. The van der Waals surface area contributed by atoms with Crippen LogP contribution in [0.2, 0.25) is 0 Å². The molecule has 76 valence electrons. The third kappa shape index (κ3) is 2.94. The van der Waals surface area contributed by atoms with E-state index in [0.717, 1.165) is 15.8 Å². The van der Waals surface area contributed by atoms with Crippen molar-refractivity contribution >= 4 is 28.5 Å². The number of alkyl halides is 1. The van der Waals surface area contributed by atoms with Crippen LogP contribution in [0, 0.1) is 13.8 Å². The summed E-state index contributed by atoms with van der Waals surface area (Å²) >= 11 is 2.22. The number of hydrogen-bond acceptors (Lipinski definition) is 2. The zero-order valence-electron chi connectivity index (χ0n) is 8.30. The number of carbonyl (C=O) groups excluding carboxylic acids is 1. The molecule has 0 fully saturated rings. The number of nitrogens with one attached hydrogen (secondary N) is 1. The molecule has 4 heteroatoms. The van der Waals surface area contributed by atoms with Crippen LogP contribution >= 0.6 is 22.6 Å². The molecular weight excluding hydrogens is 291 g/mol. The Morgan fingerprint density at radius 1 is 1.50 bits per heavy atom. The van der Waals surface area contributed by atoms with Crippen LogP contribution in [0.5, 0.6) is 0 Å². The van der Waals surface area contributed by atoms with Gasteiger partial charge in [0.1, 0.15) is 0 Å². The van der Waals surface area contributed by atoms with Gasteiger partial charge in [0.15, 0.2) is 0 Å². The van der Waals surface area contributed by atoms with Gasteiger partial charge in [-0.15, -0.1) is 0 Å². The highest BCUT2D eigenvalue weighted by atomic mass is 127. The summed E-state index contributed by atoms with van der Waals surface area (Å²) in [7, 11) is 0. The molecular formula is C10H13IN2O. The second-order valence-electron chi connectivity index (χ2n) is 3.03. The SMILES string of the molecule is Cc1ccc(C(=O)NCCI)c(C)n1. The van der Waals surface area contributed by atoms with Crippen LogP contribution in [0.15, 0.2) is 12.1 Å². The average Bonchev–Trinajstić information content (AvgIpc) is 2.14. The van der Waals surface area contributed by atoms with Gasteiger partial charge in [0.25, 0.3) is 5.91 Å². The molecule has 0 radical (unpaired) electrons. The maximum absolute atomic E-state index is 11.6.